The summed E-state index contributed by atoms with van der Waals surface area (Å²) in [5.74, 6) is 0. The molecule has 0 aliphatic heterocycles. The topological polar surface area (TPSA) is 77.8 Å². The zero-order valence-electron chi connectivity index (χ0n) is 10.6. The summed E-state index contributed by atoms with van der Waals surface area (Å²) in [6.07, 6.45) is 1.09. The maximum Gasteiger partial charge on any atom is 0.466 e. The van der Waals surface area contributed by atoms with E-state index in [1.165, 1.54) is 16.7 Å². The van der Waals surface area contributed by atoms with E-state index >= 15 is 0 Å². The molecule has 0 saturated carbocycles. The fourth-order valence-corrected chi connectivity index (χ4v) is 1.73. The smallest absolute Gasteiger partial charge is 0.303 e. The summed E-state index contributed by atoms with van der Waals surface area (Å²) < 4.78 is 8.88. The first-order valence-corrected chi connectivity index (χ1v) is 7.40. The van der Waals surface area contributed by atoms with Crippen molar-refractivity contribution in [2.75, 3.05) is 0 Å². The number of hydrogen-bond acceptors (Lipinski definition) is 1. The number of hydrogen-bond donors (Lipinski definition) is 3. The Labute approximate surface area is 112 Å². The van der Waals surface area contributed by atoms with Crippen molar-refractivity contribution in [1.82, 2.24) is 0 Å². The maximum atomic E-state index is 8.88. The largest absolute Gasteiger partial charge is 0.466 e. The number of rotatable bonds is 2. The van der Waals surface area contributed by atoms with Crippen LogP contribution in [0.25, 0.3) is 11.1 Å². The van der Waals surface area contributed by atoms with E-state index in [0.29, 0.717) is 0 Å². The van der Waals surface area contributed by atoms with Crippen LogP contribution in [-0.2, 0) is 11.0 Å². The minimum absolute atomic E-state index is 1.09. The Morgan fingerprint density at radius 1 is 0.895 bits per heavy atom. The van der Waals surface area contributed by atoms with Crippen LogP contribution >= 0.6 is 7.82 Å². The van der Waals surface area contributed by atoms with Crippen molar-refractivity contribution in [3.05, 3.63) is 60.2 Å². The predicted molar refractivity (Wildman–Crippen MR) is 75.5 cm³/mol. The second kappa shape index (κ2) is 7.22. The first kappa shape index (κ1) is 15.6. The van der Waals surface area contributed by atoms with E-state index < -0.39 is 7.82 Å². The van der Waals surface area contributed by atoms with Gasteiger partial charge in [-0.15, -0.1) is 0 Å². The molecule has 5 heteroatoms. The van der Waals surface area contributed by atoms with Gasteiger partial charge in [-0.05, 0) is 23.1 Å². The van der Waals surface area contributed by atoms with Gasteiger partial charge < -0.3 is 14.7 Å². The number of benzene rings is 2. The highest BCUT2D eigenvalue weighted by molar-refractivity contribution is 7.45. The van der Waals surface area contributed by atoms with Crippen LogP contribution in [0.15, 0.2) is 54.6 Å². The molecule has 0 spiro atoms. The van der Waals surface area contributed by atoms with Crippen LogP contribution in [0.2, 0.25) is 0 Å². The predicted octanol–water partition coefficient (Wildman–Crippen LogP) is 2.99. The average molecular weight is 280 g/mol. The first-order valence-electron chi connectivity index (χ1n) is 5.83. The molecule has 0 bridgehead atoms. The highest BCUT2D eigenvalue weighted by Gasteiger charge is 2.01. The van der Waals surface area contributed by atoms with Gasteiger partial charge in [0.25, 0.3) is 0 Å². The molecule has 0 aliphatic rings. The van der Waals surface area contributed by atoms with E-state index in [2.05, 4.69) is 61.5 Å². The summed E-state index contributed by atoms with van der Waals surface area (Å²) in [5.41, 5.74) is 4.08. The van der Waals surface area contributed by atoms with Crippen molar-refractivity contribution in [3.63, 3.8) is 0 Å². The van der Waals surface area contributed by atoms with Crippen LogP contribution in [0.4, 0.5) is 0 Å². The van der Waals surface area contributed by atoms with Crippen molar-refractivity contribution in [2.45, 2.75) is 13.3 Å². The zero-order chi connectivity index (χ0) is 14.3. The minimum Gasteiger partial charge on any atom is -0.303 e. The van der Waals surface area contributed by atoms with Crippen LogP contribution in [0.5, 0.6) is 0 Å². The van der Waals surface area contributed by atoms with Crippen molar-refractivity contribution >= 4 is 7.82 Å². The van der Waals surface area contributed by atoms with Gasteiger partial charge >= 0.3 is 7.82 Å². The molecule has 19 heavy (non-hydrogen) atoms. The molecule has 0 heterocycles. The molecule has 0 amide bonds. The van der Waals surface area contributed by atoms with E-state index in [1.54, 1.807) is 0 Å². The number of aryl methyl sites for hydroxylation is 1. The van der Waals surface area contributed by atoms with Crippen molar-refractivity contribution < 1.29 is 19.2 Å². The summed E-state index contributed by atoms with van der Waals surface area (Å²) in [4.78, 5) is 21.6. The highest BCUT2D eigenvalue weighted by atomic mass is 31.2. The second-order valence-corrected chi connectivity index (χ2v) is 4.92. The lowest BCUT2D eigenvalue weighted by Crippen LogP contribution is -1.85. The Morgan fingerprint density at radius 3 is 1.89 bits per heavy atom. The first-order chi connectivity index (χ1) is 8.92. The van der Waals surface area contributed by atoms with Gasteiger partial charge in [0, 0.05) is 0 Å². The Hall–Kier alpha value is -1.45. The standard InChI is InChI=1S/C14H14.H3O4P/c1-2-12-8-6-7-11-14(12)13-9-4-3-5-10-13;1-5(2,3)4/h3-11H,2H2,1H3;(H3,1,2,3,4). The van der Waals surface area contributed by atoms with Gasteiger partial charge in [0.05, 0.1) is 0 Å². The third-order valence-electron chi connectivity index (χ3n) is 2.48. The Morgan fingerprint density at radius 2 is 1.37 bits per heavy atom. The van der Waals surface area contributed by atoms with Gasteiger partial charge in [-0.2, -0.15) is 0 Å². The van der Waals surface area contributed by atoms with Gasteiger partial charge in [0.15, 0.2) is 0 Å². The third kappa shape index (κ3) is 6.32. The van der Waals surface area contributed by atoms with E-state index in [1.807, 2.05) is 0 Å². The molecule has 3 N–H and O–H groups in total. The van der Waals surface area contributed by atoms with Gasteiger partial charge in [0.1, 0.15) is 0 Å². The molecule has 0 radical (unpaired) electrons. The third-order valence-corrected chi connectivity index (χ3v) is 2.48. The van der Waals surface area contributed by atoms with Crippen LogP contribution in [0, 0.1) is 0 Å². The van der Waals surface area contributed by atoms with Crippen LogP contribution in [0.1, 0.15) is 12.5 Å². The molecular formula is C14H17O4P. The molecule has 2 aromatic rings. The molecule has 102 valence electrons. The SMILES string of the molecule is CCc1ccccc1-c1ccccc1.O=P(O)(O)O. The molecule has 0 saturated heterocycles. The van der Waals surface area contributed by atoms with Gasteiger partial charge in [-0.3, -0.25) is 0 Å². The Kier molecular flexibility index (Phi) is 5.93. The Balaban J connectivity index is 0.000000312. The quantitative estimate of drug-likeness (QED) is 0.739. The van der Waals surface area contributed by atoms with Gasteiger partial charge in [0.2, 0.25) is 0 Å². The average Bonchev–Trinajstić information content (AvgIpc) is 2.38. The van der Waals surface area contributed by atoms with Gasteiger partial charge in [-0.25, -0.2) is 4.57 Å². The molecule has 2 rings (SSSR count). The summed E-state index contributed by atoms with van der Waals surface area (Å²) >= 11 is 0. The van der Waals surface area contributed by atoms with Crippen molar-refractivity contribution in [1.29, 1.82) is 0 Å². The fraction of sp³-hybridized carbons (Fsp3) is 0.143. The van der Waals surface area contributed by atoms with Crippen molar-refractivity contribution in [3.8, 4) is 11.1 Å². The van der Waals surface area contributed by atoms with Crippen LogP contribution in [-0.4, -0.2) is 14.7 Å². The van der Waals surface area contributed by atoms with E-state index in [4.69, 9.17) is 19.2 Å². The molecule has 0 atom stereocenters. The van der Waals surface area contributed by atoms with Crippen LogP contribution in [0.3, 0.4) is 0 Å². The second-order valence-electron chi connectivity index (χ2n) is 3.89. The fourth-order valence-electron chi connectivity index (χ4n) is 1.73. The summed E-state index contributed by atoms with van der Waals surface area (Å²) in [5, 5.41) is 0. The van der Waals surface area contributed by atoms with Gasteiger partial charge in [-0.1, -0.05) is 61.5 Å². The lowest BCUT2D eigenvalue weighted by molar-refractivity contribution is 0.275. The maximum absolute atomic E-state index is 8.88. The monoisotopic (exact) mass is 280 g/mol. The molecule has 0 fully saturated rings. The molecule has 2 aromatic carbocycles. The highest BCUT2D eigenvalue weighted by Crippen LogP contribution is 2.26. The number of phosphoric acid groups is 1. The Bertz CT molecular complexity index is 540. The lowest BCUT2D eigenvalue weighted by Gasteiger charge is -2.06. The molecule has 4 nitrogen and oxygen atoms in total. The molecular weight excluding hydrogens is 263 g/mol. The summed E-state index contributed by atoms with van der Waals surface area (Å²) in [6.45, 7) is 2.20. The molecule has 0 unspecified atom stereocenters. The minimum atomic E-state index is -4.64. The molecule has 0 aliphatic carbocycles. The summed E-state index contributed by atoms with van der Waals surface area (Å²) in [7, 11) is -4.64. The van der Waals surface area contributed by atoms with E-state index in [9.17, 15) is 0 Å². The summed E-state index contributed by atoms with van der Waals surface area (Å²) in [6, 6.07) is 19.1. The van der Waals surface area contributed by atoms with Crippen molar-refractivity contribution in [2.24, 2.45) is 0 Å². The van der Waals surface area contributed by atoms with E-state index in [0.717, 1.165) is 6.42 Å². The van der Waals surface area contributed by atoms with Crippen LogP contribution < -0.4 is 0 Å². The zero-order valence-corrected chi connectivity index (χ0v) is 11.5. The lowest BCUT2D eigenvalue weighted by atomic mass is 9.98. The van der Waals surface area contributed by atoms with E-state index in [-0.39, 0.29) is 0 Å². The molecule has 0 aromatic heterocycles. The normalized spacial score (nSPS) is 10.5.